The smallest absolute Gasteiger partial charge is 0.367 e. The summed E-state index contributed by atoms with van der Waals surface area (Å²) in [4.78, 5) is 41.2. The van der Waals surface area contributed by atoms with Gasteiger partial charge in [0.2, 0.25) is 5.91 Å². The minimum absolute atomic E-state index is 0.00461. The molecule has 12 heteroatoms. The fraction of sp³-hybridized carbons (Fsp3) is 0.263. The average molecular weight is 678 g/mol. The van der Waals surface area contributed by atoms with E-state index in [0.717, 1.165) is 54.3 Å². The van der Waals surface area contributed by atoms with Gasteiger partial charge in [0.15, 0.2) is 0 Å². The van der Waals surface area contributed by atoms with Crippen LogP contribution in [0.4, 0.5) is 18.9 Å². The molecule has 6 aromatic rings. The van der Waals surface area contributed by atoms with Gasteiger partial charge in [-0.25, -0.2) is 0 Å². The quantitative estimate of drug-likeness (QED) is 0.247. The standard InChI is InChI=1S/C38H34F3N7O2/c39-38(40,41)31-21-29(7-9-34(31)46-15-17-47(18-16-46)36(50)24-45-13-11-42-12-14-45)48-35(49)10-6-27-22-44-33-8-5-25(20-30(33)37(27)48)28-19-26-3-1-2-4-32(26)43-23-28/h1-10,19-23,42H,11-18,24H2. The maximum atomic E-state index is 14.8. The lowest BCUT2D eigenvalue weighted by molar-refractivity contribution is -0.137. The first kappa shape index (κ1) is 31.9. The third kappa shape index (κ3) is 6.05. The molecule has 0 radical (unpaired) electrons. The second-order valence-electron chi connectivity index (χ2n) is 12.8. The van der Waals surface area contributed by atoms with E-state index in [0.29, 0.717) is 41.4 Å². The Bertz CT molecular complexity index is 2310. The highest BCUT2D eigenvalue weighted by atomic mass is 19.4. The van der Waals surface area contributed by atoms with Crippen molar-refractivity contribution in [2.24, 2.45) is 0 Å². The van der Waals surface area contributed by atoms with Crippen molar-refractivity contribution in [1.82, 2.24) is 29.7 Å². The number of benzene rings is 3. The molecule has 0 saturated carbocycles. The molecule has 8 rings (SSSR count). The molecule has 50 heavy (non-hydrogen) atoms. The van der Waals surface area contributed by atoms with Crippen LogP contribution in [-0.4, -0.2) is 89.1 Å². The zero-order valence-corrected chi connectivity index (χ0v) is 27.2. The van der Waals surface area contributed by atoms with E-state index in [4.69, 9.17) is 0 Å². The van der Waals surface area contributed by atoms with Crippen LogP contribution in [0.2, 0.25) is 0 Å². The van der Waals surface area contributed by atoms with Crippen molar-refractivity contribution in [3.63, 3.8) is 0 Å². The van der Waals surface area contributed by atoms with Gasteiger partial charge in [0.05, 0.1) is 34.3 Å². The van der Waals surface area contributed by atoms with Gasteiger partial charge >= 0.3 is 6.18 Å². The molecule has 2 fully saturated rings. The number of halogens is 3. The number of nitrogens with zero attached hydrogens (tertiary/aromatic N) is 6. The monoisotopic (exact) mass is 677 g/mol. The van der Waals surface area contributed by atoms with Crippen LogP contribution in [0.1, 0.15) is 5.56 Å². The van der Waals surface area contributed by atoms with E-state index in [2.05, 4.69) is 20.2 Å². The second-order valence-corrected chi connectivity index (χ2v) is 12.8. The number of anilines is 1. The first-order chi connectivity index (χ1) is 24.2. The molecule has 2 saturated heterocycles. The molecule has 0 bridgehead atoms. The number of fused-ring (bicyclic) bond motifs is 4. The Labute approximate surface area is 285 Å². The van der Waals surface area contributed by atoms with Crippen molar-refractivity contribution in [2.75, 3.05) is 63.8 Å². The van der Waals surface area contributed by atoms with Gasteiger partial charge in [-0.05, 0) is 54.1 Å². The minimum atomic E-state index is -4.69. The van der Waals surface area contributed by atoms with Crippen molar-refractivity contribution in [3.8, 4) is 16.8 Å². The third-order valence-electron chi connectivity index (χ3n) is 9.73. The highest BCUT2D eigenvalue weighted by molar-refractivity contribution is 6.05. The van der Waals surface area contributed by atoms with Crippen LogP contribution >= 0.6 is 0 Å². The highest BCUT2D eigenvalue weighted by Crippen LogP contribution is 2.39. The van der Waals surface area contributed by atoms with E-state index in [1.54, 1.807) is 34.3 Å². The summed E-state index contributed by atoms with van der Waals surface area (Å²) in [5.41, 5.74) is 2.48. The third-order valence-corrected chi connectivity index (χ3v) is 9.73. The largest absolute Gasteiger partial charge is 0.418 e. The van der Waals surface area contributed by atoms with Gasteiger partial charge in [-0.15, -0.1) is 0 Å². The molecule has 1 amide bonds. The molecule has 2 aliphatic heterocycles. The molecule has 0 aliphatic carbocycles. The van der Waals surface area contributed by atoms with Crippen molar-refractivity contribution in [1.29, 1.82) is 0 Å². The molecule has 3 aromatic carbocycles. The number of alkyl halides is 3. The van der Waals surface area contributed by atoms with Crippen molar-refractivity contribution in [3.05, 3.63) is 107 Å². The average Bonchev–Trinajstić information content (AvgIpc) is 3.14. The maximum absolute atomic E-state index is 14.8. The van der Waals surface area contributed by atoms with E-state index in [-0.39, 0.29) is 30.4 Å². The summed E-state index contributed by atoms with van der Waals surface area (Å²) < 4.78 is 45.7. The zero-order valence-electron chi connectivity index (χ0n) is 27.2. The lowest BCUT2D eigenvalue weighted by Gasteiger charge is -2.38. The van der Waals surface area contributed by atoms with E-state index >= 15 is 0 Å². The molecule has 1 N–H and O–H groups in total. The van der Waals surface area contributed by atoms with Gasteiger partial charge in [0, 0.05) is 98.2 Å². The first-order valence-electron chi connectivity index (χ1n) is 16.7. The second kappa shape index (κ2) is 12.8. The Morgan fingerprint density at radius 1 is 0.760 bits per heavy atom. The van der Waals surface area contributed by atoms with Crippen molar-refractivity contribution in [2.45, 2.75) is 6.18 Å². The van der Waals surface area contributed by atoms with Gasteiger partial charge in [0.25, 0.3) is 5.56 Å². The number of rotatable bonds is 5. The molecule has 9 nitrogen and oxygen atoms in total. The number of nitrogens with one attached hydrogen (secondary N) is 1. The summed E-state index contributed by atoms with van der Waals surface area (Å²) in [6.45, 7) is 4.78. The van der Waals surface area contributed by atoms with Crippen molar-refractivity contribution >= 4 is 44.3 Å². The first-order valence-corrected chi connectivity index (χ1v) is 16.7. The Hall–Kier alpha value is -5.33. The van der Waals surface area contributed by atoms with E-state index in [1.807, 2.05) is 48.5 Å². The normalized spacial score (nSPS) is 16.1. The predicted octanol–water partition coefficient (Wildman–Crippen LogP) is 5.33. The van der Waals surface area contributed by atoms with Crippen LogP contribution in [-0.2, 0) is 11.0 Å². The Morgan fingerprint density at radius 3 is 2.34 bits per heavy atom. The van der Waals surface area contributed by atoms with Crippen molar-refractivity contribution < 1.29 is 18.0 Å². The molecular weight excluding hydrogens is 643 g/mol. The van der Waals surface area contributed by atoms with Crippen LogP contribution in [0, 0.1) is 0 Å². The van der Waals surface area contributed by atoms with E-state index in [1.165, 1.54) is 16.7 Å². The Kier molecular flexibility index (Phi) is 8.20. The Morgan fingerprint density at radius 2 is 1.54 bits per heavy atom. The maximum Gasteiger partial charge on any atom is 0.418 e. The summed E-state index contributed by atoms with van der Waals surface area (Å²) >= 11 is 0. The van der Waals surface area contributed by atoms with Crippen LogP contribution < -0.4 is 15.8 Å². The van der Waals surface area contributed by atoms with Crippen LogP contribution in [0.5, 0.6) is 0 Å². The van der Waals surface area contributed by atoms with E-state index in [9.17, 15) is 22.8 Å². The predicted molar refractivity (Wildman–Crippen MR) is 189 cm³/mol. The molecule has 5 heterocycles. The van der Waals surface area contributed by atoms with E-state index < -0.39 is 17.3 Å². The number of hydrogen-bond acceptors (Lipinski definition) is 7. The number of amides is 1. The number of aromatic nitrogens is 3. The van der Waals surface area contributed by atoms with Crippen LogP contribution in [0.15, 0.2) is 96.1 Å². The SMILES string of the molecule is O=C(CN1CCNCC1)N1CCN(c2ccc(-n3c(=O)ccc4cnc5ccc(-c6cnc7ccccc7c6)cc5c43)cc2C(F)(F)F)CC1. The summed E-state index contributed by atoms with van der Waals surface area (Å²) in [6.07, 6.45) is -1.27. The molecule has 0 unspecified atom stereocenters. The molecule has 0 spiro atoms. The Balaban J connectivity index is 1.16. The summed E-state index contributed by atoms with van der Waals surface area (Å²) in [6, 6.07) is 22.6. The summed E-state index contributed by atoms with van der Waals surface area (Å²) in [5, 5.41) is 5.49. The minimum Gasteiger partial charge on any atom is -0.367 e. The van der Waals surface area contributed by atoms with Gasteiger partial charge in [-0.3, -0.25) is 29.0 Å². The number of para-hydroxylation sites is 1. The summed E-state index contributed by atoms with van der Waals surface area (Å²) in [5.74, 6) is -0.00461. The van der Waals surface area contributed by atoms with Gasteiger partial charge in [-0.2, -0.15) is 13.2 Å². The molecule has 3 aromatic heterocycles. The zero-order chi connectivity index (χ0) is 34.4. The van der Waals surface area contributed by atoms with Gasteiger partial charge in [-0.1, -0.05) is 24.3 Å². The number of hydrogen-bond donors (Lipinski definition) is 1. The summed E-state index contributed by atoms with van der Waals surface area (Å²) in [7, 11) is 0. The molecule has 254 valence electrons. The van der Waals surface area contributed by atoms with Crippen LogP contribution in [0.3, 0.4) is 0 Å². The highest BCUT2D eigenvalue weighted by Gasteiger charge is 2.36. The number of piperazine rings is 2. The van der Waals surface area contributed by atoms with Crippen LogP contribution in [0.25, 0.3) is 49.5 Å². The topological polar surface area (TPSA) is 86.6 Å². The number of carbonyl (C=O) groups is 1. The number of pyridine rings is 3. The lowest BCUT2D eigenvalue weighted by atomic mass is 10.0. The van der Waals surface area contributed by atoms with Gasteiger partial charge < -0.3 is 15.1 Å². The fourth-order valence-corrected chi connectivity index (χ4v) is 7.10. The molecule has 2 aliphatic rings. The fourth-order valence-electron chi connectivity index (χ4n) is 7.10. The lowest BCUT2D eigenvalue weighted by Crippen LogP contribution is -2.53. The van der Waals surface area contributed by atoms with Gasteiger partial charge in [0.1, 0.15) is 0 Å². The number of carbonyl (C=O) groups excluding carboxylic acids is 1. The molecular formula is C38H34F3N7O2. The molecule has 0 atom stereocenters.